The zero-order valence-electron chi connectivity index (χ0n) is 16.5. The van der Waals surface area contributed by atoms with Crippen molar-refractivity contribution in [3.63, 3.8) is 0 Å². The van der Waals surface area contributed by atoms with Gasteiger partial charge >= 0.3 is 0 Å². The second-order valence-electron chi connectivity index (χ2n) is 7.27. The van der Waals surface area contributed by atoms with Gasteiger partial charge in [-0.15, -0.1) is 0 Å². The molecule has 30 heavy (non-hydrogen) atoms. The molecule has 1 saturated heterocycles. The number of nitrogens with zero attached hydrogens (tertiary/aromatic N) is 4. The normalized spacial score (nSPS) is 15.7. The lowest BCUT2D eigenvalue weighted by atomic mass is 9.88. The minimum Gasteiger partial charge on any atom is -0.470 e. The molecular weight excluding hydrogens is 376 g/mol. The summed E-state index contributed by atoms with van der Waals surface area (Å²) in [5, 5.41) is 9.15. The lowest BCUT2D eigenvalue weighted by molar-refractivity contribution is -0.130. The van der Waals surface area contributed by atoms with Gasteiger partial charge in [0.2, 0.25) is 11.6 Å². The van der Waals surface area contributed by atoms with Crippen molar-refractivity contribution in [3.05, 3.63) is 89.9 Å². The highest BCUT2D eigenvalue weighted by atomic mass is 16.5. The number of nitriles is 1. The van der Waals surface area contributed by atoms with E-state index in [0.717, 1.165) is 11.1 Å². The largest absolute Gasteiger partial charge is 0.470 e. The monoisotopic (exact) mass is 398 g/mol. The molecule has 0 aliphatic carbocycles. The van der Waals surface area contributed by atoms with E-state index in [-0.39, 0.29) is 29.5 Å². The second-order valence-corrected chi connectivity index (χ2v) is 7.27. The number of hydrogen-bond acceptors (Lipinski definition) is 5. The Balaban J connectivity index is 1.44. The molecule has 1 amide bonds. The van der Waals surface area contributed by atoms with Crippen LogP contribution in [0.1, 0.15) is 35.6 Å². The van der Waals surface area contributed by atoms with E-state index in [1.54, 1.807) is 0 Å². The van der Waals surface area contributed by atoms with E-state index in [1.165, 1.54) is 12.4 Å². The van der Waals surface area contributed by atoms with E-state index < -0.39 is 0 Å². The van der Waals surface area contributed by atoms with Crippen LogP contribution in [-0.2, 0) is 4.79 Å². The summed E-state index contributed by atoms with van der Waals surface area (Å²) in [5.74, 6) is 0.328. The lowest BCUT2D eigenvalue weighted by Crippen LogP contribution is -2.32. The third-order valence-corrected chi connectivity index (χ3v) is 5.33. The third-order valence-electron chi connectivity index (χ3n) is 5.33. The molecule has 1 unspecified atom stereocenters. The number of hydrogen-bond donors (Lipinski definition) is 0. The topological polar surface area (TPSA) is 79.1 Å². The van der Waals surface area contributed by atoms with Crippen molar-refractivity contribution in [1.29, 1.82) is 5.26 Å². The van der Waals surface area contributed by atoms with E-state index in [4.69, 9.17) is 10.00 Å². The lowest BCUT2D eigenvalue weighted by Gasteiger charge is -2.22. The van der Waals surface area contributed by atoms with Crippen LogP contribution in [0.15, 0.2) is 73.1 Å². The summed E-state index contributed by atoms with van der Waals surface area (Å²) in [5.41, 5.74) is 2.42. The summed E-state index contributed by atoms with van der Waals surface area (Å²) in [6.07, 6.45) is 3.87. The van der Waals surface area contributed by atoms with Crippen LogP contribution in [0.3, 0.4) is 0 Å². The van der Waals surface area contributed by atoms with Crippen LogP contribution in [0.5, 0.6) is 5.88 Å². The van der Waals surface area contributed by atoms with Crippen LogP contribution in [0, 0.1) is 11.3 Å². The molecule has 0 saturated carbocycles. The Morgan fingerprint density at radius 2 is 1.70 bits per heavy atom. The first-order valence-corrected chi connectivity index (χ1v) is 10.00. The quantitative estimate of drug-likeness (QED) is 0.634. The molecule has 0 radical (unpaired) electrons. The molecule has 1 fully saturated rings. The molecule has 6 nitrogen and oxygen atoms in total. The zero-order valence-corrected chi connectivity index (χ0v) is 16.5. The number of benzene rings is 2. The summed E-state index contributed by atoms with van der Waals surface area (Å²) in [6, 6.07) is 22.2. The fourth-order valence-electron chi connectivity index (χ4n) is 3.80. The standard InChI is InChI=1S/C24H22N4O2/c25-16-22-24(27-13-12-26-22)30-20-11-14-28(17-20)23(29)15-21(18-7-3-1-4-8-18)19-9-5-2-6-10-19/h1-10,12-13,20-21H,11,14-15,17H2. The average molecular weight is 398 g/mol. The Bertz CT molecular complexity index is 994. The maximum absolute atomic E-state index is 13.1. The summed E-state index contributed by atoms with van der Waals surface area (Å²) in [4.78, 5) is 23.0. The van der Waals surface area contributed by atoms with Crippen LogP contribution in [0.2, 0.25) is 0 Å². The number of likely N-dealkylation sites (tertiary alicyclic amines) is 1. The first-order chi connectivity index (χ1) is 14.7. The smallest absolute Gasteiger partial charge is 0.251 e. The summed E-state index contributed by atoms with van der Waals surface area (Å²) in [7, 11) is 0. The van der Waals surface area contributed by atoms with Crippen LogP contribution in [-0.4, -0.2) is 40.0 Å². The fourth-order valence-corrected chi connectivity index (χ4v) is 3.80. The predicted molar refractivity (Wildman–Crippen MR) is 112 cm³/mol. The van der Waals surface area contributed by atoms with Gasteiger partial charge in [-0.3, -0.25) is 4.79 Å². The van der Waals surface area contributed by atoms with Gasteiger partial charge in [-0.1, -0.05) is 60.7 Å². The number of rotatable bonds is 6. The van der Waals surface area contributed by atoms with Crippen molar-refractivity contribution in [3.8, 4) is 11.9 Å². The Labute approximate surface area is 175 Å². The number of carbonyl (C=O) groups excluding carboxylic acids is 1. The van der Waals surface area contributed by atoms with E-state index in [0.29, 0.717) is 25.9 Å². The van der Waals surface area contributed by atoms with Crippen LogP contribution in [0.4, 0.5) is 0 Å². The molecule has 1 atom stereocenters. The molecule has 0 N–H and O–H groups in total. The molecule has 0 spiro atoms. The van der Waals surface area contributed by atoms with Gasteiger partial charge < -0.3 is 9.64 Å². The van der Waals surface area contributed by atoms with Gasteiger partial charge in [0.05, 0.1) is 6.54 Å². The van der Waals surface area contributed by atoms with Crippen LogP contribution < -0.4 is 4.74 Å². The molecule has 150 valence electrons. The van der Waals surface area contributed by atoms with Crippen molar-refractivity contribution in [1.82, 2.24) is 14.9 Å². The summed E-state index contributed by atoms with van der Waals surface area (Å²) >= 11 is 0. The van der Waals surface area contributed by atoms with Gasteiger partial charge in [-0.25, -0.2) is 9.97 Å². The molecule has 1 aliphatic rings. The molecule has 1 aromatic heterocycles. The van der Waals surface area contributed by atoms with Gasteiger partial charge in [0.15, 0.2) is 0 Å². The molecule has 6 heteroatoms. The Kier molecular flexibility index (Phi) is 6.00. The number of ether oxygens (including phenoxy) is 1. The van der Waals surface area contributed by atoms with Gasteiger partial charge in [0, 0.05) is 37.7 Å². The van der Waals surface area contributed by atoms with Crippen LogP contribution in [0.25, 0.3) is 0 Å². The summed E-state index contributed by atoms with van der Waals surface area (Å²) < 4.78 is 5.86. The highest BCUT2D eigenvalue weighted by Gasteiger charge is 2.30. The van der Waals surface area contributed by atoms with Crippen LogP contribution >= 0.6 is 0 Å². The van der Waals surface area contributed by atoms with Gasteiger partial charge in [0.25, 0.3) is 5.88 Å². The van der Waals surface area contributed by atoms with Crippen molar-refractivity contribution in [2.75, 3.05) is 13.1 Å². The highest BCUT2D eigenvalue weighted by Crippen LogP contribution is 2.29. The number of amides is 1. The molecule has 1 aliphatic heterocycles. The van der Waals surface area contributed by atoms with E-state index in [9.17, 15) is 4.79 Å². The molecule has 4 rings (SSSR count). The van der Waals surface area contributed by atoms with Crippen molar-refractivity contribution >= 4 is 5.91 Å². The predicted octanol–water partition coefficient (Wildman–Crippen LogP) is 3.55. The van der Waals surface area contributed by atoms with Crippen molar-refractivity contribution < 1.29 is 9.53 Å². The number of carbonyl (C=O) groups is 1. The summed E-state index contributed by atoms with van der Waals surface area (Å²) in [6.45, 7) is 1.11. The number of aromatic nitrogens is 2. The zero-order chi connectivity index (χ0) is 20.8. The maximum atomic E-state index is 13.1. The average Bonchev–Trinajstić information content (AvgIpc) is 3.27. The third kappa shape index (κ3) is 4.47. The molecule has 0 bridgehead atoms. The van der Waals surface area contributed by atoms with E-state index in [1.807, 2.05) is 47.4 Å². The van der Waals surface area contributed by atoms with Gasteiger partial charge in [-0.2, -0.15) is 5.26 Å². The SMILES string of the molecule is N#Cc1nccnc1OC1CCN(C(=O)CC(c2ccccc2)c2ccccc2)C1. The minimum atomic E-state index is -0.190. The molecular formula is C24H22N4O2. The first kappa shape index (κ1) is 19.6. The Morgan fingerprint density at radius 3 is 2.33 bits per heavy atom. The molecule has 2 aromatic carbocycles. The van der Waals surface area contributed by atoms with Gasteiger partial charge in [-0.05, 0) is 11.1 Å². The van der Waals surface area contributed by atoms with Crippen molar-refractivity contribution in [2.24, 2.45) is 0 Å². The van der Waals surface area contributed by atoms with Crippen molar-refractivity contribution in [2.45, 2.75) is 24.9 Å². The second kappa shape index (κ2) is 9.19. The highest BCUT2D eigenvalue weighted by molar-refractivity contribution is 5.78. The molecule has 2 heterocycles. The van der Waals surface area contributed by atoms with E-state index in [2.05, 4.69) is 34.2 Å². The Morgan fingerprint density at radius 1 is 1.07 bits per heavy atom. The minimum absolute atomic E-state index is 0.00468. The maximum Gasteiger partial charge on any atom is 0.251 e. The van der Waals surface area contributed by atoms with Gasteiger partial charge in [0.1, 0.15) is 12.2 Å². The van der Waals surface area contributed by atoms with E-state index >= 15 is 0 Å². The first-order valence-electron chi connectivity index (χ1n) is 10.00. The fraction of sp³-hybridized carbons (Fsp3) is 0.250. The molecule has 3 aromatic rings. The Hall–Kier alpha value is -3.72.